The van der Waals surface area contributed by atoms with E-state index in [4.69, 9.17) is 4.74 Å². The van der Waals surface area contributed by atoms with E-state index in [0.717, 1.165) is 17.7 Å². The standard InChI is InChI=1S/C23H31NO2/c1-7-17-15-19(26-6)12-13-20(17)18-10-8-16(9-11-18)14-21(24-5)22(25)23(2,3)4/h8-13,15,21,24H,7,14H2,1-6H3. The maximum atomic E-state index is 12.6. The Kier molecular flexibility index (Phi) is 6.60. The Bertz CT molecular complexity index is 742. The van der Waals surface area contributed by atoms with Crippen LogP contribution < -0.4 is 10.1 Å². The van der Waals surface area contributed by atoms with Crippen molar-refractivity contribution in [3.05, 3.63) is 53.6 Å². The number of carbonyl (C=O) groups is 1. The van der Waals surface area contributed by atoms with Crippen LogP contribution in [-0.2, 0) is 17.6 Å². The number of ketones is 1. The van der Waals surface area contributed by atoms with Crippen molar-refractivity contribution in [3.8, 4) is 16.9 Å². The van der Waals surface area contributed by atoms with Gasteiger partial charge in [-0.15, -0.1) is 0 Å². The van der Waals surface area contributed by atoms with Crippen LogP contribution in [0.4, 0.5) is 0 Å². The van der Waals surface area contributed by atoms with Crippen LogP contribution in [0.3, 0.4) is 0 Å². The minimum absolute atomic E-state index is 0.159. The molecule has 0 spiro atoms. The summed E-state index contributed by atoms with van der Waals surface area (Å²) in [5.74, 6) is 1.13. The lowest BCUT2D eigenvalue weighted by atomic mass is 9.84. The fraction of sp³-hybridized carbons (Fsp3) is 0.435. The van der Waals surface area contributed by atoms with Crippen molar-refractivity contribution in [1.29, 1.82) is 0 Å². The quantitative estimate of drug-likeness (QED) is 0.786. The normalized spacial score (nSPS) is 12.7. The molecule has 0 bridgehead atoms. The first-order valence-electron chi connectivity index (χ1n) is 9.28. The van der Waals surface area contributed by atoms with Gasteiger partial charge in [0.2, 0.25) is 0 Å². The molecule has 2 aromatic rings. The molecule has 140 valence electrons. The average molecular weight is 354 g/mol. The van der Waals surface area contributed by atoms with E-state index in [1.807, 2.05) is 33.9 Å². The number of hydrogen-bond acceptors (Lipinski definition) is 3. The average Bonchev–Trinajstić information content (AvgIpc) is 2.64. The summed E-state index contributed by atoms with van der Waals surface area (Å²) in [7, 11) is 3.55. The van der Waals surface area contributed by atoms with Gasteiger partial charge < -0.3 is 10.1 Å². The number of ether oxygens (including phenoxy) is 1. The third-order valence-corrected chi connectivity index (χ3v) is 4.80. The van der Waals surface area contributed by atoms with Gasteiger partial charge in [-0.3, -0.25) is 4.79 Å². The van der Waals surface area contributed by atoms with E-state index in [1.165, 1.54) is 16.7 Å². The molecule has 0 fully saturated rings. The second kappa shape index (κ2) is 8.50. The van der Waals surface area contributed by atoms with Gasteiger partial charge in [0.25, 0.3) is 0 Å². The van der Waals surface area contributed by atoms with Crippen molar-refractivity contribution in [2.45, 2.75) is 46.6 Å². The van der Waals surface area contributed by atoms with Crippen LogP contribution in [0.15, 0.2) is 42.5 Å². The van der Waals surface area contributed by atoms with Gasteiger partial charge in [-0.05, 0) is 54.3 Å². The van der Waals surface area contributed by atoms with Gasteiger partial charge in [-0.25, -0.2) is 0 Å². The molecule has 1 unspecified atom stereocenters. The lowest BCUT2D eigenvalue weighted by Crippen LogP contribution is -2.42. The maximum absolute atomic E-state index is 12.6. The van der Waals surface area contributed by atoms with Crippen LogP contribution in [0.25, 0.3) is 11.1 Å². The first-order chi connectivity index (χ1) is 12.3. The second-order valence-corrected chi connectivity index (χ2v) is 7.73. The highest BCUT2D eigenvalue weighted by atomic mass is 16.5. The Morgan fingerprint density at radius 3 is 2.27 bits per heavy atom. The van der Waals surface area contributed by atoms with Crippen LogP contribution in [0.2, 0.25) is 0 Å². The number of likely N-dealkylation sites (N-methyl/N-ethyl adjacent to an activating group) is 1. The smallest absolute Gasteiger partial charge is 0.155 e. The van der Waals surface area contributed by atoms with Crippen LogP contribution in [0, 0.1) is 5.41 Å². The fourth-order valence-electron chi connectivity index (χ4n) is 3.18. The van der Waals surface area contributed by atoms with E-state index in [2.05, 4.69) is 48.6 Å². The van der Waals surface area contributed by atoms with Crippen molar-refractivity contribution >= 4 is 5.78 Å². The first kappa shape index (κ1) is 20.2. The number of nitrogens with one attached hydrogen (secondary N) is 1. The van der Waals surface area contributed by atoms with Crippen molar-refractivity contribution in [1.82, 2.24) is 5.32 Å². The molecule has 1 N–H and O–H groups in total. The number of Topliss-reactive ketones (excluding diaryl/α,β-unsaturated/α-hetero) is 1. The zero-order valence-corrected chi connectivity index (χ0v) is 16.8. The summed E-state index contributed by atoms with van der Waals surface area (Å²) in [6.45, 7) is 8.07. The summed E-state index contributed by atoms with van der Waals surface area (Å²) in [5.41, 5.74) is 4.52. The Balaban J connectivity index is 2.22. The summed E-state index contributed by atoms with van der Waals surface area (Å²) in [5, 5.41) is 3.17. The van der Waals surface area contributed by atoms with E-state index < -0.39 is 0 Å². The molecule has 0 aliphatic rings. The molecule has 2 rings (SSSR count). The summed E-state index contributed by atoms with van der Waals surface area (Å²) in [4.78, 5) is 12.6. The van der Waals surface area contributed by atoms with Gasteiger partial charge in [0.1, 0.15) is 5.75 Å². The zero-order chi connectivity index (χ0) is 19.3. The van der Waals surface area contributed by atoms with Gasteiger partial charge in [-0.1, -0.05) is 58.0 Å². The Labute approximate surface area is 157 Å². The summed E-state index contributed by atoms with van der Waals surface area (Å²) < 4.78 is 5.33. The van der Waals surface area contributed by atoms with Crippen molar-refractivity contribution in [3.63, 3.8) is 0 Å². The summed E-state index contributed by atoms with van der Waals surface area (Å²) >= 11 is 0. The second-order valence-electron chi connectivity index (χ2n) is 7.73. The monoisotopic (exact) mass is 353 g/mol. The molecule has 0 aliphatic heterocycles. The molecule has 0 saturated heterocycles. The Hall–Kier alpha value is -2.13. The highest BCUT2D eigenvalue weighted by molar-refractivity contribution is 5.89. The lowest BCUT2D eigenvalue weighted by Gasteiger charge is -2.24. The minimum atomic E-state index is -0.341. The van der Waals surface area contributed by atoms with Gasteiger partial charge in [-0.2, -0.15) is 0 Å². The molecule has 3 heteroatoms. The molecular weight excluding hydrogens is 322 g/mol. The lowest BCUT2D eigenvalue weighted by molar-refractivity contribution is -0.128. The van der Waals surface area contributed by atoms with Crippen LogP contribution in [0.5, 0.6) is 5.75 Å². The minimum Gasteiger partial charge on any atom is -0.497 e. The molecule has 0 heterocycles. The van der Waals surface area contributed by atoms with Crippen molar-refractivity contribution < 1.29 is 9.53 Å². The molecule has 0 amide bonds. The van der Waals surface area contributed by atoms with Crippen molar-refractivity contribution in [2.75, 3.05) is 14.2 Å². The molecular formula is C23H31NO2. The summed E-state index contributed by atoms with van der Waals surface area (Å²) in [6.07, 6.45) is 1.66. The maximum Gasteiger partial charge on any atom is 0.155 e. The van der Waals surface area contributed by atoms with E-state index in [-0.39, 0.29) is 17.2 Å². The largest absolute Gasteiger partial charge is 0.497 e. The SMILES string of the molecule is CCc1cc(OC)ccc1-c1ccc(CC(NC)C(=O)C(C)(C)C)cc1. The number of carbonyl (C=O) groups excluding carboxylic acids is 1. The zero-order valence-electron chi connectivity index (χ0n) is 16.8. The summed E-state index contributed by atoms with van der Waals surface area (Å²) in [6, 6.07) is 14.6. The van der Waals surface area contributed by atoms with Crippen LogP contribution >= 0.6 is 0 Å². The molecule has 2 aromatic carbocycles. The third kappa shape index (κ3) is 4.73. The molecule has 26 heavy (non-hydrogen) atoms. The number of benzene rings is 2. The van der Waals surface area contributed by atoms with E-state index >= 15 is 0 Å². The van der Waals surface area contributed by atoms with Gasteiger partial charge in [0.05, 0.1) is 13.2 Å². The van der Waals surface area contributed by atoms with Crippen molar-refractivity contribution in [2.24, 2.45) is 5.41 Å². The topological polar surface area (TPSA) is 38.3 Å². The van der Waals surface area contributed by atoms with E-state index in [9.17, 15) is 4.79 Å². The number of rotatable bonds is 7. The van der Waals surface area contributed by atoms with Gasteiger partial charge in [0, 0.05) is 5.41 Å². The highest BCUT2D eigenvalue weighted by Crippen LogP contribution is 2.28. The Morgan fingerprint density at radius 1 is 1.12 bits per heavy atom. The number of aryl methyl sites for hydroxylation is 1. The highest BCUT2D eigenvalue weighted by Gasteiger charge is 2.28. The number of methoxy groups -OCH3 is 1. The number of hydrogen-bond donors (Lipinski definition) is 1. The molecule has 1 atom stereocenters. The molecule has 0 aromatic heterocycles. The molecule has 0 aliphatic carbocycles. The third-order valence-electron chi connectivity index (χ3n) is 4.80. The van der Waals surface area contributed by atoms with Crippen LogP contribution in [-0.4, -0.2) is 26.0 Å². The van der Waals surface area contributed by atoms with Gasteiger partial charge >= 0.3 is 0 Å². The van der Waals surface area contributed by atoms with E-state index in [1.54, 1.807) is 7.11 Å². The first-order valence-corrected chi connectivity index (χ1v) is 9.28. The molecule has 0 radical (unpaired) electrons. The molecule has 3 nitrogen and oxygen atoms in total. The van der Waals surface area contributed by atoms with Crippen LogP contribution in [0.1, 0.15) is 38.8 Å². The Morgan fingerprint density at radius 2 is 1.77 bits per heavy atom. The predicted molar refractivity (Wildman–Crippen MR) is 109 cm³/mol. The predicted octanol–water partition coefficient (Wildman–Crippen LogP) is 4.67. The van der Waals surface area contributed by atoms with Gasteiger partial charge in [0.15, 0.2) is 5.78 Å². The molecule has 0 saturated carbocycles. The fourth-order valence-corrected chi connectivity index (χ4v) is 3.18. The van der Waals surface area contributed by atoms with E-state index in [0.29, 0.717) is 6.42 Å².